The fourth-order valence-corrected chi connectivity index (χ4v) is 7.68. The number of pyridine rings is 1. The topological polar surface area (TPSA) is 96.4 Å². The van der Waals surface area contributed by atoms with Crippen LogP contribution in [0.1, 0.15) is 61.8 Å². The van der Waals surface area contributed by atoms with Crippen LogP contribution in [0.3, 0.4) is 0 Å². The van der Waals surface area contributed by atoms with E-state index in [1.54, 1.807) is 0 Å². The van der Waals surface area contributed by atoms with Crippen LogP contribution >= 0.6 is 0 Å². The van der Waals surface area contributed by atoms with Crippen LogP contribution in [0, 0.1) is 10.8 Å². The summed E-state index contributed by atoms with van der Waals surface area (Å²) in [5.41, 5.74) is 7.31. The predicted octanol–water partition coefficient (Wildman–Crippen LogP) is 4.33. The molecule has 1 saturated carbocycles. The molecule has 2 saturated heterocycles. The van der Waals surface area contributed by atoms with E-state index >= 15 is 0 Å². The third kappa shape index (κ3) is 5.58. The van der Waals surface area contributed by atoms with Gasteiger partial charge in [-0.3, -0.25) is 4.90 Å². The minimum absolute atomic E-state index is 0.0177. The molecule has 7 rings (SSSR count). The van der Waals surface area contributed by atoms with Crippen molar-refractivity contribution < 1.29 is 4.74 Å². The number of anilines is 1. The molecule has 1 unspecified atom stereocenters. The van der Waals surface area contributed by atoms with Crippen molar-refractivity contribution in [2.75, 3.05) is 25.0 Å². The van der Waals surface area contributed by atoms with E-state index in [0.29, 0.717) is 26.9 Å². The number of fused-ring (bicyclic) bond motifs is 1. The first-order valence-corrected chi connectivity index (χ1v) is 17.4. The molecule has 2 N–H and O–H groups in total. The van der Waals surface area contributed by atoms with Gasteiger partial charge in [-0.05, 0) is 31.2 Å². The van der Waals surface area contributed by atoms with Gasteiger partial charge in [0.1, 0.15) is 0 Å². The molecule has 214 valence electrons. The Kier molecular flexibility index (Phi) is 7.41. The van der Waals surface area contributed by atoms with Gasteiger partial charge in [0.2, 0.25) is 0 Å². The maximum absolute atomic E-state index is 8.22. The summed E-state index contributed by atoms with van der Waals surface area (Å²) >= 11 is 0.304. The van der Waals surface area contributed by atoms with Gasteiger partial charge < -0.3 is 0 Å². The Hall–Kier alpha value is -3.04. The first-order valence-electron chi connectivity index (χ1n) is 14.8. The van der Waals surface area contributed by atoms with Crippen LogP contribution in [0.15, 0.2) is 42.9 Å². The summed E-state index contributed by atoms with van der Waals surface area (Å²) in [4.78, 5) is 7.47. The number of rotatable bonds is 9. The molecular weight excluding hydrogens is 579 g/mol. The fraction of sp³-hybridized carbons (Fsp3) is 0.484. The number of hydrogen-bond donors (Lipinski definition) is 2. The van der Waals surface area contributed by atoms with Gasteiger partial charge in [-0.15, -0.1) is 0 Å². The van der Waals surface area contributed by atoms with Crippen LogP contribution in [-0.2, 0) is 17.8 Å². The second-order valence-electron chi connectivity index (χ2n) is 11.9. The molecule has 3 fully saturated rings. The van der Waals surface area contributed by atoms with E-state index in [-0.39, 0.29) is 6.23 Å². The van der Waals surface area contributed by atoms with Crippen molar-refractivity contribution in [3.8, 4) is 11.3 Å². The zero-order valence-corrected chi connectivity index (χ0v) is 25.4. The van der Waals surface area contributed by atoms with Gasteiger partial charge in [-0.1, -0.05) is 6.42 Å². The van der Waals surface area contributed by atoms with E-state index < -0.39 is 0 Å². The van der Waals surface area contributed by atoms with Crippen LogP contribution in [0.2, 0.25) is 5.82 Å². The van der Waals surface area contributed by atoms with Crippen molar-refractivity contribution in [3.63, 3.8) is 0 Å². The Bertz CT molecular complexity index is 1550. The van der Waals surface area contributed by atoms with Gasteiger partial charge in [-0.2, -0.15) is 0 Å². The number of benzene rings is 1. The second-order valence-corrected chi connectivity index (χ2v) is 13.8. The summed E-state index contributed by atoms with van der Waals surface area (Å²) < 4.78 is 11.2. The molecule has 1 aliphatic carbocycles. The first-order chi connectivity index (χ1) is 20.1. The van der Waals surface area contributed by atoms with E-state index in [2.05, 4.69) is 67.4 Å². The van der Waals surface area contributed by atoms with E-state index in [0.717, 1.165) is 66.3 Å². The molecule has 3 aromatic heterocycles. The van der Waals surface area contributed by atoms with Crippen LogP contribution in [-0.4, -0.2) is 76.4 Å². The monoisotopic (exact) mass is 618 g/mol. The third-order valence-corrected chi connectivity index (χ3v) is 10.6. The summed E-state index contributed by atoms with van der Waals surface area (Å²) in [5, 5.41) is 20.7. The Morgan fingerprint density at radius 1 is 1.12 bits per heavy atom. The number of likely N-dealkylation sites (tertiary alicyclic amines) is 1. The molecule has 1 atom stereocenters. The molecule has 1 aromatic carbocycles. The Morgan fingerprint density at radius 3 is 2.80 bits per heavy atom. The molecular formula is C31H38N8OSe. The zero-order chi connectivity index (χ0) is 27.8. The molecule has 1 spiro atoms. The molecule has 10 heteroatoms. The maximum atomic E-state index is 8.22. The standard InChI is InChI=1S/C31H38N8OSe/c1-41-24-13-25(26(15-32)27(14-24)34-30-5-2-3-12-40-30)28-20-39(36-35-28)19-23-18-38-17-22(6-7-29(38)33-23)16-37-11-10-31(21-37)8-4-9-31/h6-7,13-15,17-18,20,30,32,34H,2-5,8-12,16,19,21H2,1H3. The summed E-state index contributed by atoms with van der Waals surface area (Å²) in [5.74, 6) is 2.21. The molecule has 2 aliphatic heterocycles. The van der Waals surface area contributed by atoms with Crippen molar-refractivity contribution in [1.82, 2.24) is 29.3 Å². The summed E-state index contributed by atoms with van der Waals surface area (Å²) in [6.07, 6.45) is 16.5. The van der Waals surface area contributed by atoms with Crippen molar-refractivity contribution in [3.05, 3.63) is 59.7 Å². The van der Waals surface area contributed by atoms with Crippen molar-refractivity contribution in [2.24, 2.45) is 5.41 Å². The number of imidazole rings is 1. The SMILES string of the molecule is C[Se]c1cc(NC2CCCCO2)c(C=N)c(-c2cn(Cc3cn4cc(CN5CCC6(CCC6)C5)ccc4n3)nn2)c1. The van der Waals surface area contributed by atoms with Crippen LogP contribution in [0.25, 0.3) is 16.9 Å². The molecule has 4 aromatic rings. The van der Waals surface area contributed by atoms with Gasteiger partial charge in [-0.25, -0.2) is 0 Å². The molecule has 0 radical (unpaired) electrons. The van der Waals surface area contributed by atoms with E-state index in [9.17, 15) is 0 Å². The Morgan fingerprint density at radius 2 is 2.05 bits per heavy atom. The number of nitrogens with zero attached hydrogens (tertiary/aromatic N) is 6. The van der Waals surface area contributed by atoms with Gasteiger partial charge >= 0.3 is 192 Å². The van der Waals surface area contributed by atoms with Crippen LogP contribution in [0.4, 0.5) is 5.69 Å². The molecule has 0 amide bonds. The molecule has 3 aliphatic rings. The van der Waals surface area contributed by atoms with Crippen molar-refractivity contribution in [2.45, 2.75) is 70.1 Å². The quantitative estimate of drug-likeness (QED) is 0.215. The zero-order valence-electron chi connectivity index (χ0n) is 23.7. The summed E-state index contributed by atoms with van der Waals surface area (Å²) in [6.45, 7) is 4.80. The summed E-state index contributed by atoms with van der Waals surface area (Å²) in [6, 6.07) is 8.66. The fourth-order valence-electron chi connectivity index (χ4n) is 6.69. The van der Waals surface area contributed by atoms with E-state index in [1.807, 2.05) is 10.9 Å². The normalized spacial score (nSPS) is 20.5. The average Bonchev–Trinajstić information content (AvgIpc) is 3.71. The molecule has 0 bridgehead atoms. The van der Waals surface area contributed by atoms with Crippen molar-refractivity contribution in [1.29, 1.82) is 5.41 Å². The van der Waals surface area contributed by atoms with E-state index in [4.69, 9.17) is 15.1 Å². The van der Waals surface area contributed by atoms with Crippen LogP contribution < -0.4 is 9.78 Å². The summed E-state index contributed by atoms with van der Waals surface area (Å²) in [7, 11) is 0. The minimum atomic E-state index is -0.0177. The third-order valence-electron chi connectivity index (χ3n) is 9.07. The van der Waals surface area contributed by atoms with Gasteiger partial charge in [0.05, 0.1) is 0 Å². The van der Waals surface area contributed by atoms with Gasteiger partial charge in [0.25, 0.3) is 0 Å². The predicted molar refractivity (Wildman–Crippen MR) is 162 cm³/mol. The van der Waals surface area contributed by atoms with Gasteiger partial charge in [0, 0.05) is 13.1 Å². The molecule has 41 heavy (non-hydrogen) atoms. The molecule has 5 heterocycles. The number of nitrogens with one attached hydrogen (secondary N) is 2. The number of hydrogen-bond acceptors (Lipinski definition) is 7. The Balaban J connectivity index is 1.08. The second kappa shape index (κ2) is 11.3. The Labute approximate surface area is 247 Å². The molecule has 9 nitrogen and oxygen atoms in total. The van der Waals surface area contributed by atoms with E-state index in [1.165, 1.54) is 55.0 Å². The van der Waals surface area contributed by atoms with Crippen LogP contribution in [0.5, 0.6) is 0 Å². The average molecular weight is 618 g/mol. The van der Waals surface area contributed by atoms with Gasteiger partial charge in [0.15, 0.2) is 0 Å². The number of aromatic nitrogens is 5. The number of ether oxygens (including phenoxy) is 1. The first kappa shape index (κ1) is 26.8. The van der Waals surface area contributed by atoms with Crippen molar-refractivity contribution >= 4 is 37.0 Å².